The van der Waals surface area contributed by atoms with E-state index in [1.54, 1.807) is 12.1 Å². The first-order valence-corrected chi connectivity index (χ1v) is 4.92. The molecule has 1 aromatic heterocycles. The largest absolute Gasteiger partial charge is 0.477 e. The van der Waals surface area contributed by atoms with Gasteiger partial charge in [0.15, 0.2) is 0 Å². The Morgan fingerprint density at radius 1 is 1.38 bits per heavy atom. The SMILES string of the molecule is CCc1ccc2cc(C(=O)O)c(=O)oc2c1. The van der Waals surface area contributed by atoms with Crippen molar-refractivity contribution in [1.29, 1.82) is 0 Å². The third kappa shape index (κ3) is 1.69. The molecular weight excluding hydrogens is 208 g/mol. The standard InChI is InChI=1S/C12H10O4/c1-2-7-3-4-8-6-9(11(13)14)12(15)16-10(8)5-7/h3-6H,2H2,1H3,(H,13,14). The maximum Gasteiger partial charge on any atom is 0.351 e. The van der Waals surface area contributed by atoms with E-state index in [9.17, 15) is 9.59 Å². The Balaban J connectivity index is 2.74. The molecular formula is C12H10O4. The van der Waals surface area contributed by atoms with Gasteiger partial charge < -0.3 is 9.52 Å². The summed E-state index contributed by atoms with van der Waals surface area (Å²) in [5, 5.41) is 9.39. The summed E-state index contributed by atoms with van der Waals surface area (Å²) in [5.74, 6) is -1.27. The third-order valence-corrected chi connectivity index (χ3v) is 2.44. The number of hydrogen-bond donors (Lipinski definition) is 1. The van der Waals surface area contributed by atoms with Gasteiger partial charge in [0.25, 0.3) is 0 Å². The van der Waals surface area contributed by atoms with Gasteiger partial charge in [0.05, 0.1) is 0 Å². The van der Waals surface area contributed by atoms with E-state index in [4.69, 9.17) is 9.52 Å². The Labute approximate surface area is 91.1 Å². The molecule has 4 nitrogen and oxygen atoms in total. The maximum atomic E-state index is 11.3. The zero-order valence-electron chi connectivity index (χ0n) is 8.69. The monoisotopic (exact) mass is 218 g/mol. The molecule has 4 heteroatoms. The van der Waals surface area contributed by atoms with Gasteiger partial charge >= 0.3 is 11.6 Å². The van der Waals surface area contributed by atoms with Crippen molar-refractivity contribution < 1.29 is 14.3 Å². The molecule has 2 rings (SSSR count). The quantitative estimate of drug-likeness (QED) is 0.783. The van der Waals surface area contributed by atoms with Crippen LogP contribution in [0.25, 0.3) is 11.0 Å². The minimum Gasteiger partial charge on any atom is -0.477 e. The second-order valence-corrected chi connectivity index (χ2v) is 3.48. The Bertz CT molecular complexity index is 610. The first-order valence-electron chi connectivity index (χ1n) is 4.92. The van der Waals surface area contributed by atoms with Gasteiger partial charge in [-0.2, -0.15) is 0 Å². The lowest BCUT2D eigenvalue weighted by Crippen LogP contribution is -2.12. The molecule has 0 aliphatic heterocycles. The summed E-state index contributed by atoms with van der Waals surface area (Å²) in [6.45, 7) is 1.99. The Morgan fingerprint density at radius 3 is 2.75 bits per heavy atom. The van der Waals surface area contributed by atoms with Crippen molar-refractivity contribution in [3.05, 3.63) is 45.8 Å². The van der Waals surface area contributed by atoms with Crippen LogP contribution in [0.5, 0.6) is 0 Å². The second kappa shape index (κ2) is 3.81. The van der Waals surface area contributed by atoms with Crippen molar-refractivity contribution in [2.24, 2.45) is 0 Å². The van der Waals surface area contributed by atoms with Crippen LogP contribution in [0.3, 0.4) is 0 Å². The fraction of sp³-hybridized carbons (Fsp3) is 0.167. The van der Waals surface area contributed by atoms with Gasteiger partial charge in [0.2, 0.25) is 0 Å². The average Bonchev–Trinajstić information content (AvgIpc) is 2.27. The van der Waals surface area contributed by atoms with E-state index in [0.717, 1.165) is 12.0 Å². The van der Waals surface area contributed by atoms with Crippen LogP contribution in [0.2, 0.25) is 0 Å². The van der Waals surface area contributed by atoms with Crippen molar-refractivity contribution in [3.63, 3.8) is 0 Å². The smallest absolute Gasteiger partial charge is 0.351 e. The molecule has 2 aromatic rings. The number of fused-ring (bicyclic) bond motifs is 1. The molecule has 1 aromatic carbocycles. The van der Waals surface area contributed by atoms with Crippen LogP contribution < -0.4 is 5.63 Å². The summed E-state index contributed by atoms with van der Waals surface area (Å²) in [6, 6.07) is 6.73. The zero-order valence-corrected chi connectivity index (χ0v) is 8.69. The molecule has 0 aliphatic rings. The number of aromatic carboxylic acids is 1. The normalized spacial score (nSPS) is 10.6. The fourth-order valence-corrected chi connectivity index (χ4v) is 1.52. The van der Waals surface area contributed by atoms with Crippen LogP contribution in [-0.4, -0.2) is 11.1 Å². The lowest BCUT2D eigenvalue weighted by Gasteiger charge is -2.00. The highest BCUT2D eigenvalue weighted by Crippen LogP contribution is 2.16. The highest BCUT2D eigenvalue weighted by atomic mass is 16.4. The van der Waals surface area contributed by atoms with Crippen molar-refractivity contribution in [1.82, 2.24) is 0 Å². The Kier molecular flexibility index (Phi) is 2.48. The van der Waals surface area contributed by atoms with Crippen molar-refractivity contribution >= 4 is 16.9 Å². The minimum atomic E-state index is -1.27. The molecule has 0 bridgehead atoms. The number of hydrogen-bond acceptors (Lipinski definition) is 3. The van der Waals surface area contributed by atoms with Crippen LogP contribution in [0.4, 0.5) is 0 Å². The van der Waals surface area contributed by atoms with E-state index in [0.29, 0.717) is 11.0 Å². The number of rotatable bonds is 2. The lowest BCUT2D eigenvalue weighted by molar-refractivity contribution is 0.0692. The van der Waals surface area contributed by atoms with E-state index in [-0.39, 0.29) is 5.56 Å². The van der Waals surface area contributed by atoms with Crippen LogP contribution >= 0.6 is 0 Å². The number of benzene rings is 1. The molecule has 1 N–H and O–H groups in total. The van der Waals surface area contributed by atoms with E-state index in [1.165, 1.54) is 6.07 Å². The minimum absolute atomic E-state index is 0.336. The van der Waals surface area contributed by atoms with Gasteiger partial charge in [-0.15, -0.1) is 0 Å². The molecule has 0 saturated carbocycles. The van der Waals surface area contributed by atoms with Crippen LogP contribution in [0, 0.1) is 0 Å². The molecule has 0 amide bonds. The Morgan fingerprint density at radius 2 is 2.12 bits per heavy atom. The fourth-order valence-electron chi connectivity index (χ4n) is 1.52. The molecule has 0 radical (unpaired) electrons. The summed E-state index contributed by atoms with van der Waals surface area (Å²) in [4.78, 5) is 22.1. The maximum absolute atomic E-state index is 11.3. The topological polar surface area (TPSA) is 67.5 Å². The molecule has 82 valence electrons. The summed E-state index contributed by atoms with van der Waals surface area (Å²) >= 11 is 0. The molecule has 0 aliphatic carbocycles. The zero-order chi connectivity index (χ0) is 11.7. The molecule has 0 spiro atoms. The predicted octanol–water partition coefficient (Wildman–Crippen LogP) is 2.05. The van der Waals surface area contributed by atoms with Gasteiger partial charge in [-0.25, -0.2) is 9.59 Å². The second-order valence-electron chi connectivity index (χ2n) is 3.48. The van der Waals surface area contributed by atoms with Gasteiger partial charge in [-0.3, -0.25) is 0 Å². The summed E-state index contributed by atoms with van der Waals surface area (Å²) in [7, 11) is 0. The first-order chi connectivity index (χ1) is 7.61. The number of carbonyl (C=O) groups is 1. The number of carboxylic acid groups (broad SMARTS) is 1. The molecule has 16 heavy (non-hydrogen) atoms. The predicted molar refractivity (Wildman–Crippen MR) is 58.8 cm³/mol. The van der Waals surface area contributed by atoms with E-state index in [2.05, 4.69) is 0 Å². The van der Waals surface area contributed by atoms with Crippen molar-refractivity contribution in [3.8, 4) is 0 Å². The van der Waals surface area contributed by atoms with E-state index < -0.39 is 11.6 Å². The summed E-state index contributed by atoms with van der Waals surface area (Å²) < 4.78 is 4.96. The molecule has 0 saturated heterocycles. The third-order valence-electron chi connectivity index (χ3n) is 2.44. The molecule has 0 fully saturated rings. The molecule has 0 unspecified atom stereocenters. The highest BCUT2D eigenvalue weighted by Gasteiger charge is 2.11. The Hall–Kier alpha value is -2.10. The summed E-state index contributed by atoms with van der Waals surface area (Å²) in [6.07, 6.45) is 0.834. The van der Waals surface area contributed by atoms with Crippen molar-refractivity contribution in [2.75, 3.05) is 0 Å². The van der Waals surface area contributed by atoms with Gasteiger partial charge in [0.1, 0.15) is 11.1 Å². The molecule has 0 atom stereocenters. The number of aryl methyl sites for hydroxylation is 1. The van der Waals surface area contributed by atoms with Gasteiger partial charge in [0, 0.05) is 5.39 Å². The lowest BCUT2D eigenvalue weighted by atomic mass is 10.1. The van der Waals surface area contributed by atoms with Crippen LogP contribution in [0.1, 0.15) is 22.8 Å². The average molecular weight is 218 g/mol. The van der Waals surface area contributed by atoms with E-state index >= 15 is 0 Å². The van der Waals surface area contributed by atoms with Gasteiger partial charge in [-0.05, 0) is 24.1 Å². The van der Waals surface area contributed by atoms with Crippen LogP contribution in [-0.2, 0) is 6.42 Å². The van der Waals surface area contributed by atoms with Crippen molar-refractivity contribution in [2.45, 2.75) is 13.3 Å². The van der Waals surface area contributed by atoms with Crippen LogP contribution in [0.15, 0.2) is 33.5 Å². The molecule has 1 heterocycles. The highest BCUT2D eigenvalue weighted by molar-refractivity contribution is 5.91. The number of carboxylic acids is 1. The first kappa shape index (κ1) is 10.4. The van der Waals surface area contributed by atoms with E-state index in [1.807, 2.05) is 13.0 Å². The summed E-state index contributed by atoms with van der Waals surface area (Å²) in [5.41, 5.74) is 0.318. The van der Waals surface area contributed by atoms with Gasteiger partial charge in [-0.1, -0.05) is 19.1 Å².